The van der Waals surface area contributed by atoms with Gasteiger partial charge in [0, 0.05) is 19.8 Å². The van der Waals surface area contributed by atoms with Gasteiger partial charge in [0.2, 0.25) is 5.95 Å². The minimum atomic E-state index is -1.05. The zero-order valence-electron chi connectivity index (χ0n) is 10.2. The molecule has 0 aromatic carbocycles. The van der Waals surface area contributed by atoms with Crippen LogP contribution in [0.1, 0.15) is 16.9 Å². The Balaban J connectivity index is 2.08. The average Bonchev–Trinajstić information content (AvgIpc) is 2.40. The van der Waals surface area contributed by atoms with Gasteiger partial charge in [-0.1, -0.05) is 6.08 Å². The highest BCUT2D eigenvalue weighted by molar-refractivity contribution is 5.85. The Labute approximate surface area is 105 Å². The zero-order chi connectivity index (χ0) is 13.0. The maximum Gasteiger partial charge on any atom is 0.354 e. The molecule has 0 spiro atoms. The molecule has 0 amide bonds. The van der Waals surface area contributed by atoms with Crippen LogP contribution >= 0.6 is 0 Å². The lowest BCUT2D eigenvalue weighted by molar-refractivity contribution is 0.0690. The number of likely N-dealkylation sites (N-methyl/N-ethyl adjacent to an activating group) is 1. The number of nitrogens with zero attached hydrogens (tertiary/aromatic N) is 3. The molecule has 0 atom stereocenters. The van der Waals surface area contributed by atoms with Crippen LogP contribution in [0.5, 0.6) is 0 Å². The zero-order valence-corrected chi connectivity index (χ0v) is 10.2. The summed E-state index contributed by atoms with van der Waals surface area (Å²) in [6.07, 6.45) is 4.51. The van der Waals surface area contributed by atoms with Crippen molar-refractivity contribution in [3.8, 4) is 0 Å². The first-order valence-corrected chi connectivity index (χ1v) is 5.70. The van der Waals surface area contributed by atoms with Gasteiger partial charge in [-0.25, -0.2) is 14.8 Å². The summed E-state index contributed by atoms with van der Waals surface area (Å²) >= 11 is 0. The lowest BCUT2D eigenvalue weighted by Crippen LogP contribution is -2.26. The molecule has 18 heavy (non-hydrogen) atoms. The number of rotatable bonds is 4. The molecule has 1 N–H and O–H groups in total. The summed E-state index contributed by atoms with van der Waals surface area (Å²) in [6.45, 7) is 2.02. The van der Waals surface area contributed by atoms with Gasteiger partial charge in [-0.2, -0.15) is 0 Å². The molecule has 0 unspecified atom stereocenters. The highest BCUT2D eigenvalue weighted by Gasteiger charge is 2.12. The molecule has 2 rings (SSSR count). The summed E-state index contributed by atoms with van der Waals surface area (Å²) in [5.74, 6) is -0.645. The summed E-state index contributed by atoms with van der Waals surface area (Å²) in [7, 11) is 1.83. The molecule has 2 heterocycles. The third-order valence-electron chi connectivity index (χ3n) is 2.63. The quantitative estimate of drug-likeness (QED) is 0.801. The van der Waals surface area contributed by atoms with E-state index in [9.17, 15) is 4.79 Å². The second-order valence-corrected chi connectivity index (χ2v) is 4.11. The van der Waals surface area contributed by atoms with Crippen molar-refractivity contribution < 1.29 is 14.6 Å². The molecule has 0 radical (unpaired) electrons. The summed E-state index contributed by atoms with van der Waals surface area (Å²) in [5, 5.41) is 8.87. The molecule has 0 bridgehead atoms. The van der Waals surface area contributed by atoms with Crippen LogP contribution in [-0.4, -0.2) is 47.8 Å². The van der Waals surface area contributed by atoms with E-state index >= 15 is 0 Å². The number of hydrogen-bond donors (Lipinski definition) is 1. The van der Waals surface area contributed by atoms with E-state index in [1.54, 1.807) is 0 Å². The number of aromatic carboxylic acids is 1. The van der Waals surface area contributed by atoms with Gasteiger partial charge in [0.15, 0.2) is 5.69 Å². The fraction of sp³-hybridized carbons (Fsp3) is 0.417. The Kier molecular flexibility index (Phi) is 3.88. The predicted molar refractivity (Wildman–Crippen MR) is 65.8 cm³/mol. The molecule has 6 heteroatoms. The van der Waals surface area contributed by atoms with Gasteiger partial charge >= 0.3 is 5.97 Å². The normalized spacial score (nSPS) is 15.1. The number of hydrogen-bond acceptors (Lipinski definition) is 5. The van der Waals surface area contributed by atoms with Crippen molar-refractivity contribution in [3.05, 3.63) is 29.6 Å². The van der Waals surface area contributed by atoms with Gasteiger partial charge in [-0.15, -0.1) is 0 Å². The van der Waals surface area contributed by atoms with Gasteiger partial charge < -0.3 is 14.7 Å². The lowest BCUT2D eigenvalue weighted by atomic mass is 10.2. The van der Waals surface area contributed by atoms with E-state index in [2.05, 4.69) is 16.0 Å². The number of anilines is 1. The Hall–Kier alpha value is -1.95. The van der Waals surface area contributed by atoms with Crippen LogP contribution in [0.2, 0.25) is 0 Å². The van der Waals surface area contributed by atoms with Crippen LogP contribution in [0.15, 0.2) is 23.9 Å². The first kappa shape index (κ1) is 12.5. The van der Waals surface area contributed by atoms with Gasteiger partial charge in [-0.3, -0.25) is 0 Å². The van der Waals surface area contributed by atoms with Crippen LogP contribution in [-0.2, 0) is 4.74 Å². The second-order valence-electron chi connectivity index (χ2n) is 4.11. The SMILES string of the molecule is CN(CC1=CCCOC1)c1nccc(C(=O)O)n1. The minimum absolute atomic E-state index is 0.000670. The number of aromatic nitrogens is 2. The van der Waals surface area contributed by atoms with Crippen LogP contribution < -0.4 is 4.90 Å². The first-order chi connectivity index (χ1) is 8.66. The molecule has 6 nitrogen and oxygen atoms in total. The van der Waals surface area contributed by atoms with Crippen molar-refractivity contribution in [1.29, 1.82) is 0 Å². The Morgan fingerprint density at radius 3 is 3.11 bits per heavy atom. The topological polar surface area (TPSA) is 75.5 Å². The maximum atomic E-state index is 10.8. The third-order valence-corrected chi connectivity index (χ3v) is 2.63. The van der Waals surface area contributed by atoms with Gasteiger partial charge in [0.25, 0.3) is 0 Å². The average molecular weight is 249 g/mol. The van der Waals surface area contributed by atoms with Crippen LogP contribution in [0.3, 0.4) is 0 Å². The van der Waals surface area contributed by atoms with E-state index < -0.39 is 5.97 Å². The van der Waals surface area contributed by atoms with E-state index in [4.69, 9.17) is 9.84 Å². The maximum absolute atomic E-state index is 10.8. The fourth-order valence-electron chi connectivity index (χ4n) is 1.75. The molecule has 1 aliphatic rings. The van der Waals surface area contributed by atoms with Crippen LogP contribution in [0, 0.1) is 0 Å². The molecule has 1 aromatic rings. The molecule has 0 aliphatic carbocycles. The summed E-state index contributed by atoms with van der Waals surface area (Å²) in [4.78, 5) is 20.7. The lowest BCUT2D eigenvalue weighted by Gasteiger charge is -2.21. The largest absolute Gasteiger partial charge is 0.477 e. The summed E-state index contributed by atoms with van der Waals surface area (Å²) < 4.78 is 5.35. The molecule has 1 aromatic heterocycles. The summed E-state index contributed by atoms with van der Waals surface area (Å²) in [5.41, 5.74) is 1.16. The van der Waals surface area contributed by atoms with Crippen molar-refractivity contribution in [3.63, 3.8) is 0 Å². The first-order valence-electron chi connectivity index (χ1n) is 5.70. The van der Waals surface area contributed by atoms with Crippen molar-refractivity contribution in [2.45, 2.75) is 6.42 Å². The van der Waals surface area contributed by atoms with E-state index in [-0.39, 0.29) is 5.69 Å². The van der Waals surface area contributed by atoms with Crippen molar-refractivity contribution in [1.82, 2.24) is 9.97 Å². The van der Waals surface area contributed by atoms with Gasteiger partial charge in [0.1, 0.15) is 0 Å². The standard InChI is InChI=1S/C12H15N3O3/c1-15(7-9-3-2-6-18-8-9)12-13-5-4-10(14-12)11(16)17/h3-5H,2,6-8H2,1H3,(H,16,17). The van der Waals surface area contributed by atoms with E-state index in [0.29, 0.717) is 19.1 Å². The molecule has 96 valence electrons. The number of ether oxygens (including phenoxy) is 1. The second kappa shape index (κ2) is 5.59. The van der Waals surface area contributed by atoms with Crippen molar-refractivity contribution >= 4 is 11.9 Å². The minimum Gasteiger partial charge on any atom is -0.477 e. The molecule has 0 saturated heterocycles. The van der Waals surface area contributed by atoms with E-state index in [0.717, 1.165) is 18.6 Å². The van der Waals surface area contributed by atoms with E-state index in [1.807, 2.05) is 11.9 Å². The Bertz CT molecular complexity index is 473. The molecule has 1 aliphatic heterocycles. The van der Waals surface area contributed by atoms with Crippen molar-refractivity contribution in [2.75, 3.05) is 31.7 Å². The Morgan fingerprint density at radius 1 is 1.61 bits per heavy atom. The van der Waals surface area contributed by atoms with E-state index in [1.165, 1.54) is 12.3 Å². The number of carboxylic acids is 1. The van der Waals surface area contributed by atoms with Crippen molar-refractivity contribution in [2.24, 2.45) is 0 Å². The molecular weight excluding hydrogens is 234 g/mol. The molecular formula is C12H15N3O3. The molecule has 0 fully saturated rings. The highest BCUT2D eigenvalue weighted by Crippen LogP contribution is 2.11. The van der Waals surface area contributed by atoms with Gasteiger partial charge in [0.05, 0.1) is 13.2 Å². The van der Waals surface area contributed by atoms with Crippen LogP contribution in [0.25, 0.3) is 0 Å². The number of carbonyl (C=O) groups is 1. The van der Waals surface area contributed by atoms with Gasteiger partial charge in [-0.05, 0) is 18.1 Å². The number of carboxylic acid groups (broad SMARTS) is 1. The fourth-order valence-corrected chi connectivity index (χ4v) is 1.75. The Morgan fingerprint density at radius 2 is 2.44 bits per heavy atom. The smallest absolute Gasteiger partial charge is 0.354 e. The summed E-state index contributed by atoms with van der Waals surface area (Å²) in [6, 6.07) is 1.38. The molecule has 0 saturated carbocycles. The monoisotopic (exact) mass is 249 g/mol. The highest BCUT2D eigenvalue weighted by atomic mass is 16.5. The third kappa shape index (κ3) is 3.04. The van der Waals surface area contributed by atoms with Crippen LogP contribution in [0.4, 0.5) is 5.95 Å². The predicted octanol–water partition coefficient (Wildman–Crippen LogP) is 0.958.